The second-order valence-corrected chi connectivity index (χ2v) is 5.45. The van der Waals surface area contributed by atoms with E-state index in [2.05, 4.69) is 24.0 Å². The summed E-state index contributed by atoms with van der Waals surface area (Å²) in [6.07, 6.45) is 2.79. The average Bonchev–Trinajstić information content (AvgIpc) is 2.47. The van der Waals surface area contributed by atoms with Crippen molar-refractivity contribution in [2.45, 2.75) is 32.7 Å². The summed E-state index contributed by atoms with van der Waals surface area (Å²) in [7, 11) is 0. The number of rotatable bonds is 6. The van der Waals surface area contributed by atoms with Gasteiger partial charge in [-0.1, -0.05) is 19.1 Å². The lowest BCUT2D eigenvalue weighted by Gasteiger charge is -2.30. The number of carbonyl (C=O) groups excluding carboxylic acids is 1. The Kier molecular flexibility index (Phi) is 5.41. The molecule has 1 amide bonds. The Labute approximate surface area is 120 Å². The second-order valence-electron chi connectivity index (χ2n) is 5.45. The molecule has 20 heavy (non-hydrogen) atoms. The maximum absolute atomic E-state index is 11.1. The Morgan fingerprint density at radius 1 is 1.30 bits per heavy atom. The quantitative estimate of drug-likeness (QED) is 0.866. The van der Waals surface area contributed by atoms with Crippen LogP contribution >= 0.6 is 0 Å². The molecule has 0 bridgehead atoms. The number of nitrogens with two attached hydrogens (primary N) is 1. The predicted octanol–water partition coefficient (Wildman–Crippen LogP) is 2.17. The molecule has 0 unspecified atom stereocenters. The van der Waals surface area contributed by atoms with E-state index in [0.717, 1.165) is 51.3 Å². The van der Waals surface area contributed by atoms with E-state index in [1.165, 1.54) is 5.56 Å². The molecule has 1 heterocycles. The number of amides is 1. The zero-order valence-corrected chi connectivity index (χ0v) is 12.2. The van der Waals surface area contributed by atoms with Gasteiger partial charge in [-0.25, -0.2) is 0 Å². The van der Waals surface area contributed by atoms with Crippen LogP contribution in [0.3, 0.4) is 0 Å². The van der Waals surface area contributed by atoms with Crippen molar-refractivity contribution < 1.29 is 9.53 Å². The molecule has 2 N–H and O–H groups in total. The summed E-state index contributed by atoms with van der Waals surface area (Å²) in [4.78, 5) is 13.5. The van der Waals surface area contributed by atoms with E-state index in [9.17, 15) is 4.79 Å². The second kappa shape index (κ2) is 7.29. The standard InChI is InChI=1S/C16H24N2O2/c1-2-11-20-15-5-3-13(4-6-15)12-18-9-7-14(8-10-18)16(17)19/h3-6,14H,2,7-12H2,1H3,(H2,17,19). The number of piperidine rings is 1. The molecule has 4 heteroatoms. The highest BCUT2D eigenvalue weighted by atomic mass is 16.5. The van der Waals surface area contributed by atoms with Crippen LogP contribution in [0.1, 0.15) is 31.7 Å². The van der Waals surface area contributed by atoms with Crippen molar-refractivity contribution in [3.8, 4) is 5.75 Å². The zero-order chi connectivity index (χ0) is 14.4. The van der Waals surface area contributed by atoms with Crippen molar-refractivity contribution in [2.75, 3.05) is 19.7 Å². The minimum Gasteiger partial charge on any atom is -0.494 e. The number of ether oxygens (including phenoxy) is 1. The van der Waals surface area contributed by atoms with E-state index in [1.807, 2.05) is 12.1 Å². The van der Waals surface area contributed by atoms with Crippen molar-refractivity contribution in [2.24, 2.45) is 11.7 Å². The fourth-order valence-electron chi connectivity index (χ4n) is 2.54. The Balaban J connectivity index is 1.80. The van der Waals surface area contributed by atoms with Crippen LogP contribution in [0.4, 0.5) is 0 Å². The molecule has 1 aliphatic heterocycles. The van der Waals surface area contributed by atoms with Gasteiger partial charge in [0.05, 0.1) is 6.61 Å². The third-order valence-electron chi connectivity index (χ3n) is 3.79. The van der Waals surface area contributed by atoms with Crippen LogP contribution in [0, 0.1) is 5.92 Å². The maximum Gasteiger partial charge on any atom is 0.220 e. The lowest BCUT2D eigenvalue weighted by molar-refractivity contribution is -0.123. The van der Waals surface area contributed by atoms with E-state index in [-0.39, 0.29) is 11.8 Å². The molecule has 1 aliphatic rings. The van der Waals surface area contributed by atoms with E-state index in [4.69, 9.17) is 10.5 Å². The summed E-state index contributed by atoms with van der Waals surface area (Å²) < 4.78 is 5.58. The van der Waals surface area contributed by atoms with Crippen molar-refractivity contribution in [3.63, 3.8) is 0 Å². The number of hydrogen-bond acceptors (Lipinski definition) is 3. The van der Waals surface area contributed by atoms with Gasteiger partial charge in [-0.05, 0) is 50.0 Å². The Bertz CT molecular complexity index is 423. The summed E-state index contributed by atoms with van der Waals surface area (Å²) >= 11 is 0. The molecular formula is C16H24N2O2. The fraction of sp³-hybridized carbons (Fsp3) is 0.562. The van der Waals surface area contributed by atoms with Crippen LogP contribution in [0.15, 0.2) is 24.3 Å². The molecule has 0 radical (unpaired) electrons. The van der Waals surface area contributed by atoms with Gasteiger partial charge < -0.3 is 10.5 Å². The van der Waals surface area contributed by atoms with Crippen molar-refractivity contribution in [1.29, 1.82) is 0 Å². The van der Waals surface area contributed by atoms with Crippen molar-refractivity contribution in [3.05, 3.63) is 29.8 Å². The van der Waals surface area contributed by atoms with Crippen LogP contribution in [-0.4, -0.2) is 30.5 Å². The van der Waals surface area contributed by atoms with E-state index >= 15 is 0 Å². The van der Waals surface area contributed by atoms with Gasteiger partial charge in [0, 0.05) is 12.5 Å². The molecule has 1 aromatic carbocycles. The summed E-state index contributed by atoms with van der Waals surface area (Å²) in [5.74, 6) is 0.848. The first kappa shape index (κ1) is 14.9. The molecule has 2 rings (SSSR count). The van der Waals surface area contributed by atoms with Crippen LogP contribution in [-0.2, 0) is 11.3 Å². The number of hydrogen-bond donors (Lipinski definition) is 1. The first-order chi connectivity index (χ1) is 9.69. The third-order valence-corrected chi connectivity index (χ3v) is 3.79. The third kappa shape index (κ3) is 4.23. The van der Waals surface area contributed by atoms with Crippen LogP contribution < -0.4 is 10.5 Å². The number of benzene rings is 1. The topological polar surface area (TPSA) is 55.6 Å². The molecule has 0 aromatic heterocycles. The first-order valence-corrected chi connectivity index (χ1v) is 7.42. The SMILES string of the molecule is CCCOc1ccc(CN2CCC(C(N)=O)CC2)cc1. The van der Waals surface area contributed by atoms with E-state index in [0.29, 0.717) is 0 Å². The van der Waals surface area contributed by atoms with Gasteiger partial charge >= 0.3 is 0 Å². The molecule has 0 atom stereocenters. The van der Waals surface area contributed by atoms with Gasteiger partial charge in [0.2, 0.25) is 5.91 Å². The lowest BCUT2D eigenvalue weighted by Crippen LogP contribution is -2.38. The Morgan fingerprint density at radius 3 is 2.50 bits per heavy atom. The first-order valence-electron chi connectivity index (χ1n) is 7.42. The lowest BCUT2D eigenvalue weighted by atomic mass is 9.96. The average molecular weight is 276 g/mol. The largest absolute Gasteiger partial charge is 0.494 e. The number of carbonyl (C=O) groups is 1. The minimum absolute atomic E-state index is 0.0658. The highest BCUT2D eigenvalue weighted by Crippen LogP contribution is 2.20. The monoisotopic (exact) mass is 276 g/mol. The number of likely N-dealkylation sites (tertiary alicyclic amines) is 1. The zero-order valence-electron chi connectivity index (χ0n) is 12.2. The summed E-state index contributed by atoms with van der Waals surface area (Å²) in [6.45, 7) is 5.69. The predicted molar refractivity (Wildman–Crippen MR) is 79.4 cm³/mol. The van der Waals surface area contributed by atoms with Crippen molar-refractivity contribution >= 4 is 5.91 Å². The molecule has 1 saturated heterocycles. The van der Waals surface area contributed by atoms with E-state index < -0.39 is 0 Å². The van der Waals surface area contributed by atoms with Crippen LogP contribution in [0.25, 0.3) is 0 Å². The minimum atomic E-state index is -0.151. The van der Waals surface area contributed by atoms with Crippen molar-refractivity contribution in [1.82, 2.24) is 4.90 Å². The van der Waals surface area contributed by atoms with Gasteiger partial charge in [-0.3, -0.25) is 9.69 Å². The van der Waals surface area contributed by atoms with Gasteiger partial charge in [0.25, 0.3) is 0 Å². The number of primary amides is 1. The maximum atomic E-state index is 11.1. The number of nitrogens with zero attached hydrogens (tertiary/aromatic N) is 1. The van der Waals surface area contributed by atoms with Crippen LogP contribution in [0.2, 0.25) is 0 Å². The molecule has 4 nitrogen and oxygen atoms in total. The summed E-state index contributed by atoms with van der Waals surface area (Å²) in [5.41, 5.74) is 6.63. The molecule has 0 aliphatic carbocycles. The highest BCUT2D eigenvalue weighted by Gasteiger charge is 2.22. The fourth-order valence-corrected chi connectivity index (χ4v) is 2.54. The van der Waals surface area contributed by atoms with Gasteiger partial charge in [-0.15, -0.1) is 0 Å². The Morgan fingerprint density at radius 2 is 1.95 bits per heavy atom. The molecule has 0 saturated carbocycles. The summed E-state index contributed by atoms with van der Waals surface area (Å²) in [6, 6.07) is 8.29. The molecular weight excluding hydrogens is 252 g/mol. The van der Waals surface area contributed by atoms with E-state index in [1.54, 1.807) is 0 Å². The molecule has 0 spiro atoms. The van der Waals surface area contributed by atoms with Gasteiger partial charge in [0.15, 0.2) is 0 Å². The molecule has 1 aromatic rings. The van der Waals surface area contributed by atoms with Gasteiger partial charge in [0.1, 0.15) is 5.75 Å². The molecule has 110 valence electrons. The highest BCUT2D eigenvalue weighted by molar-refractivity contribution is 5.76. The smallest absolute Gasteiger partial charge is 0.220 e. The molecule has 1 fully saturated rings. The van der Waals surface area contributed by atoms with Gasteiger partial charge in [-0.2, -0.15) is 0 Å². The van der Waals surface area contributed by atoms with Crippen LogP contribution in [0.5, 0.6) is 5.75 Å². The normalized spacial score (nSPS) is 17.1. The summed E-state index contributed by atoms with van der Waals surface area (Å²) in [5, 5.41) is 0. The Hall–Kier alpha value is -1.55.